The molecule has 0 spiro atoms. The lowest BCUT2D eigenvalue weighted by molar-refractivity contribution is -0.116. The SMILES string of the molecule is COc1ccc(NC(=O)CC(C)NCC(C)N2CCc3ccccc32)c(OC)c1. The largest absolute Gasteiger partial charge is 0.497 e. The highest BCUT2D eigenvalue weighted by Gasteiger charge is 2.23. The summed E-state index contributed by atoms with van der Waals surface area (Å²) >= 11 is 0. The maximum atomic E-state index is 12.5. The molecule has 0 saturated carbocycles. The summed E-state index contributed by atoms with van der Waals surface area (Å²) in [5.74, 6) is 1.22. The fourth-order valence-corrected chi connectivity index (χ4v) is 3.76. The van der Waals surface area contributed by atoms with Crippen LogP contribution in [-0.4, -0.2) is 45.3 Å². The molecule has 0 aromatic heterocycles. The summed E-state index contributed by atoms with van der Waals surface area (Å²) in [5, 5.41) is 6.43. The first-order chi connectivity index (χ1) is 14.0. The monoisotopic (exact) mass is 397 g/mol. The molecule has 2 aromatic rings. The lowest BCUT2D eigenvalue weighted by atomic mass is 10.1. The van der Waals surface area contributed by atoms with E-state index in [2.05, 4.69) is 46.7 Å². The van der Waals surface area contributed by atoms with Crippen LogP contribution in [0.1, 0.15) is 25.8 Å². The number of ether oxygens (including phenoxy) is 2. The molecule has 3 rings (SSSR count). The Morgan fingerprint density at radius 3 is 2.69 bits per heavy atom. The van der Waals surface area contributed by atoms with E-state index >= 15 is 0 Å². The molecule has 0 saturated heterocycles. The molecule has 6 nitrogen and oxygen atoms in total. The van der Waals surface area contributed by atoms with E-state index in [0.29, 0.717) is 29.6 Å². The van der Waals surface area contributed by atoms with Crippen LogP contribution in [0.2, 0.25) is 0 Å². The van der Waals surface area contributed by atoms with E-state index in [0.717, 1.165) is 19.5 Å². The van der Waals surface area contributed by atoms with Gasteiger partial charge in [0.15, 0.2) is 0 Å². The first kappa shape index (κ1) is 21.0. The zero-order chi connectivity index (χ0) is 20.8. The van der Waals surface area contributed by atoms with Crippen molar-refractivity contribution in [2.24, 2.45) is 0 Å². The van der Waals surface area contributed by atoms with Gasteiger partial charge in [-0.1, -0.05) is 18.2 Å². The number of anilines is 2. The third-order valence-corrected chi connectivity index (χ3v) is 5.39. The fourth-order valence-electron chi connectivity index (χ4n) is 3.76. The Kier molecular flexibility index (Phi) is 6.99. The number of rotatable bonds is 9. The number of benzene rings is 2. The third kappa shape index (κ3) is 5.21. The van der Waals surface area contributed by atoms with Gasteiger partial charge in [0.25, 0.3) is 0 Å². The first-order valence-corrected chi connectivity index (χ1v) is 10.1. The zero-order valence-corrected chi connectivity index (χ0v) is 17.7. The molecule has 0 bridgehead atoms. The van der Waals surface area contributed by atoms with Crippen LogP contribution < -0.4 is 25.0 Å². The van der Waals surface area contributed by atoms with Gasteiger partial charge in [0.2, 0.25) is 5.91 Å². The Balaban J connectivity index is 1.48. The number of hydrogen-bond donors (Lipinski definition) is 2. The minimum Gasteiger partial charge on any atom is -0.497 e. The first-order valence-electron chi connectivity index (χ1n) is 10.1. The highest BCUT2D eigenvalue weighted by Crippen LogP contribution is 2.30. The van der Waals surface area contributed by atoms with Crippen LogP contribution in [-0.2, 0) is 11.2 Å². The van der Waals surface area contributed by atoms with Gasteiger partial charge in [-0.05, 0) is 44.0 Å². The van der Waals surface area contributed by atoms with Crippen molar-refractivity contribution >= 4 is 17.3 Å². The summed E-state index contributed by atoms with van der Waals surface area (Å²) in [6.45, 7) is 6.14. The summed E-state index contributed by atoms with van der Waals surface area (Å²) < 4.78 is 10.5. The third-order valence-electron chi connectivity index (χ3n) is 5.39. The highest BCUT2D eigenvalue weighted by molar-refractivity contribution is 5.92. The van der Waals surface area contributed by atoms with Gasteiger partial charge in [-0.15, -0.1) is 0 Å². The van der Waals surface area contributed by atoms with Crippen molar-refractivity contribution in [1.82, 2.24) is 5.32 Å². The molecule has 29 heavy (non-hydrogen) atoms. The van der Waals surface area contributed by atoms with Crippen LogP contribution >= 0.6 is 0 Å². The molecule has 6 heteroatoms. The maximum absolute atomic E-state index is 12.5. The smallest absolute Gasteiger partial charge is 0.226 e. The topological polar surface area (TPSA) is 62.8 Å². The van der Waals surface area contributed by atoms with Crippen molar-refractivity contribution in [3.8, 4) is 11.5 Å². The average molecular weight is 398 g/mol. The highest BCUT2D eigenvalue weighted by atomic mass is 16.5. The van der Waals surface area contributed by atoms with Gasteiger partial charge in [0.1, 0.15) is 11.5 Å². The van der Waals surface area contributed by atoms with Crippen LogP contribution in [0.5, 0.6) is 11.5 Å². The summed E-state index contributed by atoms with van der Waals surface area (Å²) in [4.78, 5) is 14.9. The molecule has 2 atom stereocenters. The molecule has 156 valence electrons. The second-order valence-corrected chi connectivity index (χ2v) is 7.55. The van der Waals surface area contributed by atoms with Gasteiger partial charge in [-0.2, -0.15) is 0 Å². The fraction of sp³-hybridized carbons (Fsp3) is 0.435. The van der Waals surface area contributed by atoms with Crippen molar-refractivity contribution in [2.45, 2.75) is 38.8 Å². The summed E-state index contributed by atoms with van der Waals surface area (Å²) in [7, 11) is 3.18. The van der Waals surface area contributed by atoms with Crippen molar-refractivity contribution in [3.05, 3.63) is 48.0 Å². The molecule has 0 fully saturated rings. The predicted octanol–water partition coefficient (Wildman–Crippen LogP) is 3.46. The average Bonchev–Trinajstić information content (AvgIpc) is 3.16. The second-order valence-electron chi connectivity index (χ2n) is 7.55. The van der Waals surface area contributed by atoms with Crippen LogP contribution in [0.25, 0.3) is 0 Å². The van der Waals surface area contributed by atoms with E-state index < -0.39 is 0 Å². The minimum absolute atomic E-state index is 0.0485. The molecule has 2 N–H and O–H groups in total. The summed E-state index contributed by atoms with van der Waals surface area (Å²) in [5.41, 5.74) is 3.39. The number of nitrogens with zero attached hydrogens (tertiary/aromatic N) is 1. The maximum Gasteiger partial charge on any atom is 0.226 e. The molecule has 1 heterocycles. The molecule has 2 aromatic carbocycles. The van der Waals surface area contributed by atoms with Gasteiger partial charge in [0, 0.05) is 43.3 Å². The number of para-hydroxylation sites is 1. The zero-order valence-electron chi connectivity index (χ0n) is 17.7. The van der Waals surface area contributed by atoms with Gasteiger partial charge in [-0.25, -0.2) is 0 Å². The Hall–Kier alpha value is -2.73. The van der Waals surface area contributed by atoms with E-state index in [1.54, 1.807) is 32.4 Å². The number of fused-ring (bicyclic) bond motifs is 1. The number of hydrogen-bond acceptors (Lipinski definition) is 5. The normalized spacial score (nSPS) is 14.8. The molecule has 1 amide bonds. The Morgan fingerprint density at radius 2 is 1.93 bits per heavy atom. The van der Waals surface area contributed by atoms with E-state index in [9.17, 15) is 4.79 Å². The van der Waals surface area contributed by atoms with Crippen molar-refractivity contribution in [3.63, 3.8) is 0 Å². The number of carbonyl (C=O) groups excluding carboxylic acids is 1. The molecule has 1 aliphatic heterocycles. The van der Waals surface area contributed by atoms with E-state index in [4.69, 9.17) is 9.47 Å². The summed E-state index contributed by atoms with van der Waals surface area (Å²) in [6.07, 6.45) is 1.49. The molecule has 0 aliphatic carbocycles. The van der Waals surface area contributed by atoms with E-state index in [1.807, 2.05) is 6.92 Å². The van der Waals surface area contributed by atoms with Gasteiger partial charge in [0.05, 0.1) is 19.9 Å². The van der Waals surface area contributed by atoms with Gasteiger partial charge in [-0.3, -0.25) is 4.79 Å². The number of amides is 1. The van der Waals surface area contributed by atoms with Gasteiger partial charge >= 0.3 is 0 Å². The Morgan fingerprint density at radius 1 is 1.14 bits per heavy atom. The standard InChI is InChI=1S/C23H31N3O3/c1-16(13-23(27)25-20-10-9-19(28-3)14-22(20)29-4)24-15-17(2)26-12-11-18-7-5-6-8-21(18)26/h5-10,14,16-17,24H,11-13,15H2,1-4H3,(H,25,27). The molecule has 1 aliphatic rings. The lowest BCUT2D eigenvalue weighted by Gasteiger charge is -2.28. The Bertz CT molecular complexity index is 840. The molecule has 2 unspecified atom stereocenters. The van der Waals surface area contributed by atoms with Crippen LogP contribution in [0.3, 0.4) is 0 Å². The predicted molar refractivity (Wildman–Crippen MR) is 117 cm³/mol. The van der Waals surface area contributed by atoms with E-state index in [1.165, 1.54) is 11.3 Å². The van der Waals surface area contributed by atoms with Crippen molar-refractivity contribution < 1.29 is 14.3 Å². The number of methoxy groups -OCH3 is 2. The van der Waals surface area contributed by atoms with Gasteiger partial charge < -0.3 is 25.0 Å². The lowest BCUT2D eigenvalue weighted by Crippen LogP contribution is -2.43. The number of carbonyl (C=O) groups is 1. The molecule has 0 radical (unpaired) electrons. The molecular weight excluding hydrogens is 366 g/mol. The van der Waals surface area contributed by atoms with Crippen molar-refractivity contribution in [2.75, 3.05) is 37.5 Å². The van der Waals surface area contributed by atoms with Crippen LogP contribution in [0.4, 0.5) is 11.4 Å². The van der Waals surface area contributed by atoms with Crippen LogP contribution in [0, 0.1) is 0 Å². The summed E-state index contributed by atoms with van der Waals surface area (Å²) in [6, 6.07) is 14.4. The molecular formula is C23H31N3O3. The quantitative estimate of drug-likeness (QED) is 0.679. The number of nitrogens with one attached hydrogen (secondary N) is 2. The Labute approximate surface area is 173 Å². The van der Waals surface area contributed by atoms with Crippen molar-refractivity contribution in [1.29, 1.82) is 0 Å². The second kappa shape index (κ2) is 9.65. The van der Waals surface area contributed by atoms with Crippen LogP contribution in [0.15, 0.2) is 42.5 Å². The van der Waals surface area contributed by atoms with E-state index in [-0.39, 0.29) is 11.9 Å². The minimum atomic E-state index is -0.0485.